The summed E-state index contributed by atoms with van der Waals surface area (Å²) in [4.78, 5) is 20.6. The average Bonchev–Trinajstić information content (AvgIpc) is 3.15. The lowest BCUT2D eigenvalue weighted by molar-refractivity contribution is -0.139. The molecule has 5 nitrogen and oxygen atoms in total. The SMILES string of the molecule is O=C1C[C@@H](NCc2ncc[nH]2)CN1Cc1ccccc1C(F)(F)F. The number of aromatic nitrogens is 2. The summed E-state index contributed by atoms with van der Waals surface area (Å²) in [6.07, 6.45) is -0.806. The van der Waals surface area contributed by atoms with Crippen LogP contribution in [0, 0.1) is 0 Å². The van der Waals surface area contributed by atoms with Gasteiger partial charge in [-0.15, -0.1) is 0 Å². The average molecular weight is 338 g/mol. The molecule has 128 valence electrons. The van der Waals surface area contributed by atoms with Gasteiger partial charge in [-0.2, -0.15) is 13.2 Å². The van der Waals surface area contributed by atoms with E-state index in [1.165, 1.54) is 17.0 Å². The van der Waals surface area contributed by atoms with Crippen molar-refractivity contribution in [3.63, 3.8) is 0 Å². The van der Waals surface area contributed by atoms with Crippen molar-refractivity contribution in [1.82, 2.24) is 20.2 Å². The maximum Gasteiger partial charge on any atom is 0.416 e. The third-order valence-corrected chi connectivity index (χ3v) is 4.01. The number of imidazole rings is 1. The van der Waals surface area contributed by atoms with E-state index in [0.29, 0.717) is 13.1 Å². The van der Waals surface area contributed by atoms with Gasteiger partial charge in [-0.1, -0.05) is 18.2 Å². The lowest BCUT2D eigenvalue weighted by atomic mass is 10.1. The second-order valence-electron chi connectivity index (χ2n) is 5.75. The number of H-pyrrole nitrogens is 1. The first-order chi connectivity index (χ1) is 11.4. The maximum absolute atomic E-state index is 13.0. The van der Waals surface area contributed by atoms with Gasteiger partial charge in [-0.25, -0.2) is 4.98 Å². The van der Waals surface area contributed by atoms with Crippen molar-refractivity contribution < 1.29 is 18.0 Å². The highest BCUT2D eigenvalue weighted by Gasteiger charge is 2.35. The second-order valence-corrected chi connectivity index (χ2v) is 5.75. The van der Waals surface area contributed by atoms with Crippen LogP contribution in [0.3, 0.4) is 0 Å². The molecule has 0 radical (unpaired) electrons. The first kappa shape index (κ1) is 16.5. The zero-order valence-electron chi connectivity index (χ0n) is 12.8. The minimum absolute atomic E-state index is 0.0343. The van der Waals surface area contributed by atoms with E-state index >= 15 is 0 Å². The van der Waals surface area contributed by atoms with E-state index in [9.17, 15) is 18.0 Å². The van der Waals surface area contributed by atoms with E-state index in [2.05, 4.69) is 15.3 Å². The number of nitrogens with zero attached hydrogens (tertiary/aromatic N) is 2. The molecule has 0 aliphatic carbocycles. The van der Waals surface area contributed by atoms with Crippen LogP contribution in [-0.2, 0) is 24.1 Å². The van der Waals surface area contributed by atoms with E-state index in [1.807, 2.05) is 0 Å². The zero-order chi connectivity index (χ0) is 17.2. The molecule has 1 aromatic carbocycles. The smallest absolute Gasteiger partial charge is 0.348 e. The molecule has 2 aromatic rings. The highest BCUT2D eigenvalue weighted by atomic mass is 19.4. The van der Waals surface area contributed by atoms with Crippen molar-refractivity contribution in [1.29, 1.82) is 0 Å². The van der Waals surface area contributed by atoms with Crippen LogP contribution in [0.1, 0.15) is 23.4 Å². The molecule has 1 saturated heterocycles. The predicted octanol–water partition coefficient (Wildman–Crippen LogP) is 2.32. The molecule has 1 atom stereocenters. The van der Waals surface area contributed by atoms with Crippen molar-refractivity contribution in [3.05, 3.63) is 53.6 Å². The Hall–Kier alpha value is -2.35. The first-order valence-electron chi connectivity index (χ1n) is 7.58. The highest BCUT2D eigenvalue weighted by Crippen LogP contribution is 2.32. The molecule has 1 amide bonds. The third-order valence-electron chi connectivity index (χ3n) is 4.01. The van der Waals surface area contributed by atoms with Gasteiger partial charge >= 0.3 is 6.18 Å². The Labute approximate surface area is 136 Å². The molecule has 2 heterocycles. The topological polar surface area (TPSA) is 61.0 Å². The Morgan fingerprint density at radius 3 is 2.83 bits per heavy atom. The Morgan fingerprint density at radius 2 is 2.12 bits per heavy atom. The molecule has 1 fully saturated rings. The van der Waals surface area contributed by atoms with Crippen LogP contribution in [0.2, 0.25) is 0 Å². The molecular weight excluding hydrogens is 321 g/mol. The summed E-state index contributed by atoms with van der Waals surface area (Å²) in [6, 6.07) is 5.27. The molecule has 0 spiro atoms. The van der Waals surface area contributed by atoms with Crippen molar-refractivity contribution >= 4 is 5.91 Å². The molecule has 0 bridgehead atoms. The number of benzene rings is 1. The van der Waals surface area contributed by atoms with Gasteiger partial charge in [-0.05, 0) is 11.6 Å². The number of likely N-dealkylation sites (tertiary alicyclic amines) is 1. The Balaban J connectivity index is 1.63. The van der Waals surface area contributed by atoms with E-state index in [-0.39, 0.29) is 30.5 Å². The fraction of sp³-hybridized carbons (Fsp3) is 0.375. The van der Waals surface area contributed by atoms with Gasteiger partial charge in [-0.3, -0.25) is 4.79 Å². The standard InChI is InChI=1S/C16H17F3N4O/c17-16(18,19)13-4-2-1-3-11(13)9-23-10-12(7-15(23)24)22-8-14-20-5-6-21-14/h1-6,12,22H,7-10H2,(H,20,21)/t12-/m1/s1. The summed E-state index contributed by atoms with van der Waals surface area (Å²) >= 11 is 0. The fourth-order valence-electron chi connectivity index (χ4n) is 2.84. The van der Waals surface area contributed by atoms with E-state index in [4.69, 9.17) is 0 Å². The Kier molecular flexibility index (Phi) is 4.57. The molecule has 1 aliphatic heterocycles. The predicted molar refractivity (Wildman–Crippen MR) is 80.7 cm³/mol. The summed E-state index contributed by atoms with van der Waals surface area (Å²) in [7, 11) is 0. The van der Waals surface area contributed by atoms with Crippen LogP contribution in [0.15, 0.2) is 36.7 Å². The monoisotopic (exact) mass is 338 g/mol. The van der Waals surface area contributed by atoms with E-state index in [1.54, 1.807) is 18.5 Å². The Bertz CT molecular complexity index is 700. The van der Waals surface area contributed by atoms with Crippen LogP contribution >= 0.6 is 0 Å². The lowest BCUT2D eigenvalue weighted by Gasteiger charge is -2.20. The number of halogens is 3. The number of nitrogens with one attached hydrogen (secondary N) is 2. The quantitative estimate of drug-likeness (QED) is 0.880. The summed E-state index contributed by atoms with van der Waals surface area (Å²) in [5, 5.41) is 3.20. The molecule has 3 rings (SSSR count). The highest BCUT2D eigenvalue weighted by molar-refractivity contribution is 5.79. The number of aromatic amines is 1. The fourth-order valence-corrected chi connectivity index (χ4v) is 2.84. The molecule has 0 unspecified atom stereocenters. The van der Waals surface area contributed by atoms with Crippen LogP contribution in [-0.4, -0.2) is 33.4 Å². The summed E-state index contributed by atoms with van der Waals surface area (Å²) in [6.45, 7) is 0.830. The maximum atomic E-state index is 13.0. The van der Waals surface area contributed by atoms with Crippen LogP contribution in [0.4, 0.5) is 13.2 Å². The summed E-state index contributed by atoms with van der Waals surface area (Å²) < 4.78 is 39.1. The number of alkyl halides is 3. The second kappa shape index (κ2) is 6.64. The number of hydrogen-bond acceptors (Lipinski definition) is 3. The molecule has 1 aromatic heterocycles. The van der Waals surface area contributed by atoms with Gasteiger partial charge in [0.2, 0.25) is 5.91 Å². The molecule has 0 saturated carbocycles. The molecule has 24 heavy (non-hydrogen) atoms. The van der Waals surface area contributed by atoms with E-state index in [0.717, 1.165) is 11.9 Å². The minimum Gasteiger partial charge on any atom is -0.348 e. The number of carbonyl (C=O) groups is 1. The summed E-state index contributed by atoms with van der Waals surface area (Å²) in [5.74, 6) is 0.604. The van der Waals surface area contributed by atoms with Gasteiger partial charge in [0.25, 0.3) is 0 Å². The van der Waals surface area contributed by atoms with Gasteiger partial charge in [0.05, 0.1) is 12.1 Å². The lowest BCUT2D eigenvalue weighted by Crippen LogP contribution is -2.32. The molecular formula is C16H17F3N4O. The Morgan fingerprint density at radius 1 is 1.33 bits per heavy atom. The number of hydrogen-bond donors (Lipinski definition) is 2. The van der Waals surface area contributed by atoms with Crippen molar-refractivity contribution in [3.8, 4) is 0 Å². The van der Waals surface area contributed by atoms with Gasteiger partial charge in [0.15, 0.2) is 0 Å². The van der Waals surface area contributed by atoms with Crippen LogP contribution < -0.4 is 5.32 Å². The van der Waals surface area contributed by atoms with Crippen LogP contribution in [0.25, 0.3) is 0 Å². The number of carbonyl (C=O) groups excluding carboxylic acids is 1. The largest absolute Gasteiger partial charge is 0.416 e. The van der Waals surface area contributed by atoms with Gasteiger partial charge in [0.1, 0.15) is 5.82 Å². The molecule has 1 aliphatic rings. The number of rotatable bonds is 5. The minimum atomic E-state index is -4.42. The van der Waals surface area contributed by atoms with Gasteiger partial charge < -0.3 is 15.2 Å². The van der Waals surface area contributed by atoms with Crippen molar-refractivity contribution in [2.24, 2.45) is 0 Å². The molecule has 2 N–H and O–H groups in total. The number of amides is 1. The van der Waals surface area contributed by atoms with Crippen molar-refractivity contribution in [2.45, 2.75) is 31.7 Å². The summed E-state index contributed by atoms with van der Waals surface area (Å²) in [5.41, 5.74) is -0.574. The van der Waals surface area contributed by atoms with Crippen LogP contribution in [0.5, 0.6) is 0 Å². The first-order valence-corrected chi connectivity index (χ1v) is 7.58. The third kappa shape index (κ3) is 3.76. The van der Waals surface area contributed by atoms with Gasteiger partial charge in [0, 0.05) is 37.9 Å². The normalized spacial score (nSPS) is 18.4. The zero-order valence-corrected chi connectivity index (χ0v) is 12.8. The molecule has 8 heteroatoms. The van der Waals surface area contributed by atoms with E-state index < -0.39 is 11.7 Å². The van der Waals surface area contributed by atoms with Crippen molar-refractivity contribution in [2.75, 3.05) is 6.54 Å².